The van der Waals surface area contributed by atoms with Gasteiger partial charge in [-0.05, 0) is 37.5 Å². The zero-order valence-electron chi connectivity index (χ0n) is 11.1. The van der Waals surface area contributed by atoms with Crippen molar-refractivity contribution in [3.05, 3.63) is 0 Å². The second-order valence-corrected chi connectivity index (χ2v) is 5.96. The van der Waals surface area contributed by atoms with E-state index in [4.69, 9.17) is 5.11 Å². The molecule has 2 unspecified atom stereocenters. The summed E-state index contributed by atoms with van der Waals surface area (Å²) in [5.41, 5.74) is 0. The fourth-order valence-electron chi connectivity index (χ4n) is 3.10. The molecule has 1 aliphatic carbocycles. The first-order chi connectivity index (χ1) is 8.47. The smallest absolute Gasteiger partial charge is 0.326 e. The van der Waals surface area contributed by atoms with E-state index in [0.717, 1.165) is 19.4 Å². The summed E-state index contributed by atoms with van der Waals surface area (Å²) < 4.78 is 0. The molecule has 102 valence electrons. The first-order valence-corrected chi connectivity index (χ1v) is 6.77. The number of amides is 2. The van der Waals surface area contributed by atoms with Crippen LogP contribution in [0.1, 0.15) is 39.5 Å². The molecule has 5 nitrogen and oxygen atoms in total. The Morgan fingerprint density at radius 1 is 1.39 bits per heavy atom. The van der Waals surface area contributed by atoms with Gasteiger partial charge in [-0.1, -0.05) is 13.8 Å². The number of rotatable bonds is 4. The van der Waals surface area contributed by atoms with Crippen molar-refractivity contribution in [3.63, 3.8) is 0 Å². The molecular formula is C13H22N2O3. The number of hydrogen-bond donors (Lipinski definition) is 2. The van der Waals surface area contributed by atoms with Crippen molar-refractivity contribution >= 4 is 12.0 Å². The number of hydrogen-bond acceptors (Lipinski definition) is 2. The third kappa shape index (κ3) is 2.76. The summed E-state index contributed by atoms with van der Waals surface area (Å²) in [4.78, 5) is 25.0. The van der Waals surface area contributed by atoms with Gasteiger partial charge >= 0.3 is 12.0 Å². The highest BCUT2D eigenvalue weighted by Gasteiger charge is 2.41. The van der Waals surface area contributed by atoms with Crippen LogP contribution in [-0.2, 0) is 4.79 Å². The number of carboxylic acids is 1. The predicted molar refractivity (Wildman–Crippen MR) is 67.2 cm³/mol. The summed E-state index contributed by atoms with van der Waals surface area (Å²) in [6.07, 6.45) is 3.85. The molecule has 3 atom stereocenters. The largest absolute Gasteiger partial charge is 0.480 e. The van der Waals surface area contributed by atoms with Crippen molar-refractivity contribution in [2.24, 2.45) is 11.8 Å². The predicted octanol–water partition coefficient (Wildman–Crippen LogP) is 1.68. The topological polar surface area (TPSA) is 69.6 Å². The van der Waals surface area contributed by atoms with Crippen molar-refractivity contribution in [3.8, 4) is 0 Å². The van der Waals surface area contributed by atoms with Gasteiger partial charge in [-0.15, -0.1) is 0 Å². The van der Waals surface area contributed by atoms with Crippen LogP contribution in [0.3, 0.4) is 0 Å². The molecule has 0 aromatic heterocycles. The lowest BCUT2D eigenvalue weighted by atomic mass is 10.0. The maximum Gasteiger partial charge on any atom is 0.326 e. The normalized spacial score (nSPS) is 27.6. The van der Waals surface area contributed by atoms with E-state index >= 15 is 0 Å². The fraction of sp³-hybridized carbons (Fsp3) is 0.846. The quantitative estimate of drug-likeness (QED) is 0.802. The Morgan fingerprint density at radius 3 is 2.56 bits per heavy atom. The minimum Gasteiger partial charge on any atom is -0.480 e. The Hall–Kier alpha value is -1.26. The van der Waals surface area contributed by atoms with E-state index in [1.54, 1.807) is 0 Å². The van der Waals surface area contributed by atoms with Gasteiger partial charge in [0.15, 0.2) is 0 Å². The van der Waals surface area contributed by atoms with Crippen LogP contribution >= 0.6 is 0 Å². The third-order valence-corrected chi connectivity index (χ3v) is 3.97. The van der Waals surface area contributed by atoms with Gasteiger partial charge in [0.05, 0.1) is 0 Å². The van der Waals surface area contributed by atoms with Crippen molar-refractivity contribution in [1.82, 2.24) is 10.2 Å². The van der Waals surface area contributed by atoms with Crippen molar-refractivity contribution in [1.29, 1.82) is 0 Å². The highest BCUT2D eigenvalue weighted by atomic mass is 16.4. The lowest BCUT2D eigenvalue weighted by molar-refractivity contribution is -0.139. The molecule has 2 N–H and O–H groups in total. The first kappa shape index (κ1) is 13.2. The Kier molecular flexibility index (Phi) is 3.78. The average Bonchev–Trinajstić information content (AvgIpc) is 2.88. The van der Waals surface area contributed by atoms with Gasteiger partial charge in [-0.2, -0.15) is 0 Å². The number of carbonyl (C=O) groups is 2. The molecule has 0 spiro atoms. The Labute approximate surface area is 108 Å². The Morgan fingerprint density at radius 2 is 2.11 bits per heavy atom. The maximum absolute atomic E-state index is 12.1. The molecule has 0 aromatic carbocycles. The molecule has 0 aromatic rings. The van der Waals surface area contributed by atoms with Crippen LogP contribution in [0.4, 0.5) is 4.79 Å². The standard InChI is InChI=1S/C13H22N2O3/c1-8(2)5-11(12(16)17)14-13(18)15-7-9-3-4-10(15)6-9/h8-11H,3-7H2,1-2H3,(H,14,18)(H,16,17)/t9?,10?,11-/m1/s1. The van der Waals surface area contributed by atoms with Gasteiger partial charge in [0.25, 0.3) is 0 Å². The maximum atomic E-state index is 12.1. The molecule has 2 rings (SSSR count). The van der Waals surface area contributed by atoms with Gasteiger partial charge in [0, 0.05) is 12.6 Å². The number of fused-ring (bicyclic) bond motifs is 2. The second kappa shape index (κ2) is 5.16. The summed E-state index contributed by atoms with van der Waals surface area (Å²) in [6.45, 7) is 4.71. The average molecular weight is 254 g/mol. The molecule has 18 heavy (non-hydrogen) atoms. The Balaban J connectivity index is 1.91. The van der Waals surface area contributed by atoms with Crippen LogP contribution < -0.4 is 5.32 Å². The van der Waals surface area contributed by atoms with Crippen LogP contribution in [0.25, 0.3) is 0 Å². The van der Waals surface area contributed by atoms with E-state index in [9.17, 15) is 9.59 Å². The molecule has 1 heterocycles. The number of carbonyl (C=O) groups excluding carboxylic acids is 1. The molecular weight excluding hydrogens is 232 g/mol. The fourth-order valence-corrected chi connectivity index (χ4v) is 3.10. The van der Waals surface area contributed by atoms with Crippen molar-refractivity contribution in [2.75, 3.05) is 6.54 Å². The number of piperidine rings is 1. The van der Waals surface area contributed by atoms with Gasteiger partial charge < -0.3 is 15.3 Å². The van der Waals surface area contributed by atoms with E-state index in [1.165, 1.54) is 6.42 Å². The van der Waals surface area contributed by atoms with Gasteiger partial charge in [0.2, 0.25) is 0 Å². The van der Waals surface area contributed by atoms with E-state index in [-0.39, 0.29) is 11.9 Å². The molecule has 2 amide bonds. The molecule has 1 aliphatic heterocycles. The highest BCUT2D eigenvalue weighted by molar-refractivity contribution is 5.83. The molecule has 5 heteroatoms. The molecule has 1 saturated heterocycles. The molecule has 2 bridgehead atoms. The summed E-state index contributed by atoms with van der Waals surface area (Å²) in [6, 6.07) is -0.629. The highest BCUT2D eigenvalue weighted by Crippen LogP contribution is 2.37. The lowest BCUT2D eigenvalue weighted by Gasteiger charge is -2.29. The van der Waals surface area contributed by atoms with Crippen molar-refractivity contribution < 1.29 is 14.7 Å². The zero-order chi connectivity index (χ0) is 13.3. The van der Waals surface area contributed by atoms with E-state index in [1.807, 2.05) is 18.7 Å². The number of urea groups is 1. The summed E-state index contributed by atoms with van der Waals surface area (Å²) in [5.74, 6) is -0.0584. The number of likely N-dealkylation sites (tertiary alicyclic amines) is 1. The summed E-state index contributed by atoms with van der Waals surface area (Å²) in [7, 11) is 0. The minimum atomic E-state index is -0.943. The van der Waals surface area contributed by atoms with Crippen LogP contribution in [0, 0.1) is 11.8 Å². The second-order valence-electron chi connectivity index (χ2n) is 5.96. The van der Waals surface area contributed by atoms with Crippen LogP contribution in [0.2, 0.25) is 0 Å². The molecule has 2 fully saturated rings. The van der Waals surface area contributed by atoms with Gasteiger partial charge in [-0.3, -0.25) is 0 Å². The molecule has 1 saturated carbocycles. The number of carboxylic acid groups (broad SMARTS) is 1. The van der Waals surface area contributed by atoms with Gasteiger partial charge in [0.1, 0.15) is 6.04 Å². The lowest BCUT2D eigenvalue weighted by Crippen LogP contribution is -2.50. The van der Waals surface area contributed by atoms with E-state index < -0.39 is 12.0 Å². The summed E-state index contributed by atoms with van der Waals surface area (Å²) >= 11 is 0. The van der Waals surface area contributed by atoms with Gasteiger partial charge in [-0.25, -0.2) is 9.59 Å². The van der Waals surface area contributed by atoms with Crippen LogP contribution in [0.5, 0.6) is 0 Å². The molecule has 2 aliphatic rings. The van der Waals surface area contributed by atoms with Crippen LogP contribution in [-0.4, -0.2) is 40.6 Å². The SMILES string of the molecule is CC(C)C[C@@H](NC(=O)N1CC2CCC1C2)C(=O)O. The first-order valence-electron chi connectivity index (χ1n) is 6.77. The van der Waals surface area contributed by atoms with Crippen molar-refractivity contribution in [2.45, 2.75) is 51.6 Å². The third-order valence-electron chi connectivity index (χ3n) is 3.97. The summed E-state index contributed by atoms with van der Waals surface area (Å²) in [5, 5.41) is 11.8. The Bertz CT molecular complexity index is 343. The number of nitrogens with zero attached hydrogens (tertiary/aromatic N) is 1. The molecule has 0 radical (unpaired) electrons. The minimum absolute atomic E-state index is 0.199. The van der Waals surface area contributed by atoms with Crippen LogP contribution in [0.15, 0.2) is 0 Å². The number of nitrogens with one attached hydrogen (secondary N) is 1. The number of aliphatic carboxylic acids is 1. The zero-order valence-corrected chi connectivity index (χ0v) is 11.1. The van der Waals surface area contributed by atoms with E-state index in [0.29, 0.717) is 18.4 Å². The monoisotopic (exact) mass is 254 g/mol. The van der Waals surface area contributed by atoms with E-state index in [2.05, 4.69) is 5.32 Å².